The first-order valence-corrected chi connectivity index (χ1v) is 10.8. The monoisotopic (exact) mass is 496 g/mol. The van der Waals surface area contributed by atoms with Crippen LogP contribution in [-0.4, -0.2) is 49.8 Å². The minimum atomic E-state index is -4.77. The van der Waals surface area contributed by atoms with Crippen molar-refractivity contribution in [2.24, 2.45) is 0 Å². The van der Waals surface area contributed by atoms with Gasteiger partial charge in [-0.2, -0.15) is 13.2 Å². The molecule has 4 aromatic rings. The van der Waals surface area contributed by atoms with E-state index in [4.69, 9.17) is 0 Å². The van der Waals surface area contributed by atoms with Crippen LogP contribution < -0.4 is 4.90 Å². The summed E-state index contributed by atoms with van der Waals surface area (Å²) in [4.78, 5) is 32.8. The molecule has 5 rings (SSSR count). The molecule has 36 heavy (non-hydrogen) atoms. The molecule has 1 aliphatic rings. The number of fused-ring (bicyclic) bond motifs is 2. The Morgan fingerprint density at radius 2 is 1.75 bits per heavy atom. The van der Waals surface area contributed by atoms with Crippen LogP contribution in [0, 0.1) is 0 Å². The highest BCUT2D eigenvalue weighted by Crippen LogP contribution is 2.43. The van der Waals surface area contributed by atoms with E-state index in [1.165, 1.54) is 23.1 Å². The van der Waals surface area contributed by atoms with Crippen molar-refractivity contribution in [3.8, 4) is 0 Å². The number of hydrogen-bond acceptors (Lipinski definition) is 4. The van der Waals surface area contributed by atoms with Crippen LogP contribution in [-0.2, 0) is 12.3 Å². The number of alkyl halides is 3. The van der Waals surface area contributed by atoms with Crippen LogP contribution in [0.15, 0.2) is 72.8 Å². The van der Waals surface area contributed by atoms with Gasteiger partial charge in [-0.25, -0.2) is 14.7 Å². The molecule has 1 aliphatic heterocycles. The first-order valence-electron chi connectivity index (χ1n) is 10.8. The van der Waals surface area contributed by atoms with Crippen molar-refractivity contribution < 1.29 is 33.0 Å². The molecule has 2 amide bonds. The zero-order valence-corrected chi connectivity index (χ0v) is 18.5. The lowest BCUT2D eigenvalue weighted by Crippen LogP contribution is -2.44. The van der Waals surface area contributed by atoms with E-state index in [-0.39, 0.29) is 33.9 Å². The highest BCUT2D eigenvalue weighted by Gasteiger charge is 2.49. The maximum Gasteiger partial charge on any atom is 0.414 e. The number of benzene rings is 3. The van der Waals surface area contributed by atoms with Crippen LogP contribution in [0.2, 0.25) is 0 Å². The average Bonchev–Trinajstić information content (AvgIpc) is 3.36. The molecule has 0 aliphatic carbocycles. The molecule has 1 atom stereocenters. The molecule has 184 valence electrons. The largest absolute Gasteiger partial charge is 0.465 e. The zero-order valence-electron chi connectivity index (χ0n) is 18.5. The SMILES string of the molecule is O=C(O)N(CC(F)(F)F)c1nc2cc(C3(O)c4ccccc4C(=O)N3Cc3ccccc3)ccc2[nH]1. The lowest BCUT2D eigenvalue weighted by Gasteiger charge is -2.35. The van der Waals surface area contributed by atoms with Crippen LogP contribution in [0.4, 0.5) is 23.9 Å². The molecule has 2 heterocycles. The average molecular weight is 496 g/mol. The number of H-pyrrole nitrogens is 1. The van der Waals surface area contributed by atoms with Gasteiger partial charge in [0.25, 0.3) is 5.91 Å². The van der Waals surface area contributed by atoms with E-state index >= 15 is 0 Å². The van der Waals surface area contributed by atoms with Crippen molar-refractivity contribution in [1.29, 1.82) is 0 Å². The summed E-state index contributed by atoms with van der Waals surface area (Å²) in [6.07, 6.45) is -6.60. The van der Waals surface area contributed by atoms with Gasteiger partial charge in [-0.3, -0.25) is 9.69 Å². The summed E-state index contributed by atoms with van der Waals surface area (Å²) in [5, 5.41) is 21.3. The number of nitrogens with one attached hydrogen (secondary N) is 1. The summed E-state index contributed by atoms with van der Waals surface area (Å²) in [5.74, 6) is -0.898. The van der Waals surface area contributed by atoms with E-state index < -0.39 is 30.5 Å². The number of nitrogens with zero attached hydrogens (tertiary/aromatic N) is 3. The Bertz CT molecular complexity index is 1470. The summed E-state index contributed by atoms with van der Waals surface area (Å²) in [5.41, 5.74) is 0.199. The van der Waals surface area contributed by atoms with Gasteiger partial charge in [0, 0.05) is 23.2 Å². The molecule has 0 spiro atoms. The van der Waals surface area contributed by atoms with Crippen LogP contribution in [0.25, 0.3) is 11.0 Å². The Kier molecular flexibility index (Phi) is 5.44. The summed E-state index contributed by atoms with van der Waals surface area (Å²) in [7, 11) is 0. The van der Waals surface area contributed by atoms with Crippen LogP contribution in [0.1, 0.15) is 27.0 Å². The number of carbonyl (C=O) groups excluding carboxylic acids is 1. The molecule has 0 fully saturated rings. The van der Waals surface area contributed by atoms with Gasteiger partial charge >= 0.3 is 12.3 Å². The van der Waals surface area contributed by atoms with Gasteiger partial charge in [0.2, 0.25) is 5.95 Å². The number of imidazole rings is 1. The Morgan fingerprint density at radius 3 is 2.44 bits per heavy atom. The third-order valence-electron chi connectivity index (χ3n) is 6.05. The first kappa shape index (κ1) is 23.4. The zero-order chi connectivity index (χ0) is 25.7. The van der Waals surface area contributed by atoms with Gasteiger partial charge in [0.1, 0.15) is 6.54 Å². The number of carboxylic acid groups (broad SMARTS) is 1. The Morgan fingerprint density at radius 1 is 1.06 bits per heavy atom. The number of carbonyl (C=O) groups is 2. The number of aromatic nitrogens is 2. The summed E-state index contributed by atoms with van der Waals surface area (Å²) < 4.78 is 38.7. The highest BCUT2D eigenvalue weighted by atomic mass is 19.4. The fourth-order valence-corrected chi connectivity index (χ4v) is 4.42. The number of aromatic amines is 1. The molecule has 11 heteroatoms. The number of anilines is 1. The minimum Gasteiger partial charge on any atom is -0.465 e. The lowest BCUT2D eigenvalue weighted by molar-refractivity contribution is -0.119. The molecular formula is C25H19F3N4O4. The van der Waals surface area contributed by atoms with Crippen molar-refractivity contribution in [1.82, 2.24) is 14.9 Å². The fourth-order valence-electron chi connectivity index (χ4n) is 4.42. The number of halogens is 3. The maximum absolute atomic E-state index is 13.3. The van der Waals surface area contributed by atoms with E-state index in [1.54, 1.807) is 24.3 Å². The predicted molar refractivity (Wildman–Crippen MR) is 123 cm³/mol. The standard InChI is InChI=1S/C25H19F3N4O4/c26-24(27,28)14-31(23(34)35)22-29-19-11-10-16(12-20(19)30-22)25(36)18-9-5-4-8-17(18)21(33)32(25)13-15-6-2-1-3-7-15/h1-12,36H,13-14H2,(H,29,30)(H,34,35). The summed E-state index contributed by atoms with van der Waals surface area (Å²) >= 11 is 0. The molecule has 0 bridgehead atoms. The molecule has 3 aromatic carbocycles. The summed E-state index contributed by atoms with van der Waals surface area (Å²) in [6, 6.07) is 20.1. The normalized spacial score (nSPS) is 17.4. The Labute approximate surface area is 202 Å². The molecule has 1 unspecified atom stereocenters. The maximum atomic E-state index is 13.3. The quantitative estimate of drug-likeness (QED) is 0.378. The highest BCUT2D eigenvalue weighted by molar-refractivity contribution is 6.00. The first-order chi connectivity index (χ1) is 17.1. The van der Waals surface area contributed by atoms with Gasteiger partial charge in [0.15, 0.2) is 5.72 Å². The van der Waals surface area contributed by atoms with E-state index in [9.17, 15) is 33.0 Å². The van der Waals surface area contributed by atoms with Crippen molar-refractivity contribution >= 4 is 29.0 Å². The fraction of sp³-hybridized carbons (Fsp3) is 0.160. The Hall–Kier alpha value is -4.38. The summed E-state index contributed by atoms with van der Waals surface area (Å²) in [6.45, 7) is -1.65. The molecule has 0 radical (unpaired) electrons. The predicted octanol–water partition coefficient (Wildman–Crippen LogP) is 4.46. The molecule has 1 aromatic heterocycles. The van der Waals surface area contributed by atoms with Crippen molar-refractivity contribution in [2.45, 2.75) is 18.4 Å². The van der Waals surface area contributed by atoms with Gasteiger partial charge in [-0.15, -0.1) is 0 Å². The molecule has 8 nitrogen and oxygen atoms in total. The van der Waals surface area contributed by atoms with Crippen LogP contribution in [0.3, 0.4) is 0 Å². The Balaban J connectivity index is 1.60. The van der Waals surface area contributed by atoms with Crippen molar-refractivity contribution in [3.05, 3.63) is 95.1 Å². The van der Waals surface area contributed by atoms with Gasteiger partial charge < -0.3 is 15.2 Å². The van der Waals surface area contributed by atoms with E-state index in [0.717, 1.165) is 5.56 Å². The third kappa shape index (κ3) is 3.93. The second-order valence-electron chi connectivity index (χ2n) is 8.37. The van der Waals surface area contributed by atoms with Gasteiger partial charge in [-0.05, 0) is 23.8 Å². The van der Waals surface area contributed by atoms with E-state index in [2.05, 4.69) is 9.97 Å². The molecular weight excluding hydrogens is 477 g/mol. The molecule has 3 N–H and O–H groups in total. The van der Waals surface area contributed by atoms with Gasteiger partial charge in [-0.1, -0.05) is 54.6 Å². The van der Waals surface area contributed by atoms with Gasteiger partial charge in [0.05, 0.1) is 11.0 Å². The second-order valence-corrected chi connectivity index (χ2v) is 8.37. The minimum absolute atomic E-state index is 0.0600. The smallest absolute Gasteiger partial charge is 0.414 e. The second kappa shape index (κ2) is 8.38. The van der Waals surface area contributed by atoms with Crippen LogP contribution >= 0.6 is 0 Å². The third-order valence-corrected chi connectivity index (χ3v) is 6.05. The lowest BCUT2D eigenvalue weighted by atomic mass is 9.93. The number of amides is 2. The van der Waals surface area contributed by atoms with Crippen molar-refractivity contribution in [2.75, 3.05) is 11.4 Å². The molecule has 0 saturated heterocycles. The van der Waals surface area contributed by atoms with E-state index in [0.29, 0.717) is 11.1 Å². The number of hydrogen-bond donors (Lipinski definition) is 3. The van der Waals surface area contributed by atoms with Crippen molar-refractivity contribution in [3.63, 3.8) is 0 Å². The topological polar surface area (TPSA) is 110 Å². The number of aliphatic hydroxyl groups is 1. The number of rotatable bonds is 5. The molecule has 0 saturated carbocycles. The van der Waals surface area contributed by atoms with Crippen LogP contribution in [0.5, 0.6) is 0 Å². The van der Waals surface area contributed by atoms with E-state index in [1.807, 2.05) is 30.3 Å².